The highest BCUT2D eigenvalue weighted by Crippen LogP contribution is 2.28. The molecule has 0 saturated heterocycles. The molecule has 2 N–H and O–H groups in total. The lowest BCUT2D eigenvalue weighted by atomic mass is 10.4. The summed E-state index contributed by atoms with van der Waals surface area (Å²) in [7, 11) is 0. The van der Waals surface area contributed by atoms with Gasteiger partial charge in [0.05, 0.1) is 6.61 Å². The van der Waals surface area contributed by atoms with Gasteiger partial charge in [0.15, 0.2) is 5.84 Å². The fourth-order valence-electron chi connectivity index (χ4n) is 0.902. The number of amidine groups is 1. The third-order valence-electron chi connectivity index (χ3n) is 1.82. The van der Waals surface area contributed by atoms with Crippen LogP contribution in [0.15, 0.2) is 5.16 Å². The van der Waals surface area contributed by atoms with Gasteiger partial charge in [0.2, 0.25) is 0 Å². The summed E-state index contributed by atoms with van der Waals surface area (Å²) in [6, 6.07) is 0. The molecule has 0 aromatic heterocycles. The van der Waals surface area contributed by atoms with Gasteiger partial charge < -0.3 is 15.3 Å². The van der Waals surface area contributed by atoms with Crippen molar-refractivity contribution in [3.8, 4) is 0 Å². The maximum Gasteiger partial charge on any atom is 0.313 e. The van der Waals surface area contributed by atoms with Crippen molar-refractivity contribution in [1.82, 2.24) is 0 Å². The maximum absolute atomic E-state index is 10.9. The quantitative estimate of drug-likeness (QED) is 0.295. The number of hydrogen-bond donors (Lipinski definition) is 1. The summed E-state index contributed by atoms with van der Waals surface area (Å²) < 4.78 is 4.70. The van der Waals surface area contributed by atoms with Crippen LogP contribution in [0.25, 0.3) is 0 Å². The number of ether oxygens (including phenoxy) is 1. The van der Waals surface area contributed by atoms with Gasteiger partial charge in [-0.05, 0) is 25.7 Å². The number of hydrogen-bond acceptors (Lipinski definition) is 4. The molecule has 0 aliphatic heterocycles. The normalized spacial score (nSPS) is 16.5. The molecule has 0 aromatic rings. The van der Waals surface area contributed by atoms with Crippen LogP contribution in [0, 0.1) is 5.92 Å². The Labute approximate surface area is 83.2 Å². The van der Waals surface area contributed by atoms with Gasteiger partial charge in [0.25, 0.3) is 0 Å². The summed E-state index contributed by atoms with van der Waals surface area (Å²) in [6.07, 6.45) is 2.40. The minimum absolute atomic E-state index is 0.00148. The van der Waals surface area contributed by atoms with Gasteiger partial charge in [0.1, 0.15) is 13.0 Å². The number of nitrogens with zero attached hydrogens (tertiary/aromatic N) is 1. The molecule has 0 atom stereocenters. The largest absolute Gasteiger partial charge is 0.466 e. The summed E-state index contributed by atoms with van der Waals surface area (Å²) in [6.45, 7) is 2.70. The molecule has 0 amide bonds. The highest BCUT2D eigenvalue weighted by Gasteiger charge is 2.21. The standard InChI is InChI=1S/C9H16N2O3/c1-2-13-9(12)5-8(10)11-14-6-7-3-4-7/h7H,2-6H2,1H3,(H2,10,11). The monoisotopic (exact) mass is 200 g/mol. The number of esters is 1. The van der Waals surface area contributed by atoms with Crippen LogP contribution in [-0.2, 0) is 14.4 Å². The first-order chi connectivity index (χ1) is 6.72. The van der Waals surface area contributed by atoms with E-state index in [9.17, 15) is 4.79 Å². The molecular weight excluding hydrogens is 184 g/mol. The molecule has 1 rings (SSSR count). The molecular formula is C9H16N2O3. The number of oxime groups is 1. The molecule has 5 nitrogen and oxygen atoms in total. The smallest absolute Gasteiger partial charge is 0.313 e. The van der Waals surface area contributed by atoms with Crippen LogP contribution in [0.5, 0.6) is 0 Å². The van der Waals surface area contributed by atoms with Crippen molar-refractivity contribution in [3.63, 3.8) is 0 Å². The zero-order chi connectivity index (χ0) is 10.4. The Morgan fingerprint density at radius 1 is 1.57 bits per heavy atom. The summed E-state index contributed by atoms with van der Waals surface area (Å²) in [4.78, 5) is 15.9. The van der Waals surface area contributed by atoms with E-state index in [1.165, 1.54) is 12.8 Å². The fourth-order valence-corrected chi connectivity index (χ4v) is 0.902. The lowest BCUT2D eigenvalue weighted by molar-refractivity contribution is -0.141. The second-order valence-corrected chi connectivity index (χ2v) is 3.30. The molecule has 1 fully saturated rings. The van der Waals surface area contributed by atoms with Crippen LogP contribution >= 0.6 is 0 Å². The van der Waals surface area contributed by atoms with E-state index in [4.69, 9.17) is 15.3 Å². The van der Waals surface area contributed by atoms with Gasteiger partial charge in [0, 0.05) is 0 Å². The van der Waals surface area contributed by atoms with Crippen LogP contribution in [0.3, 0.4) is 0 Å². The Bertz CT molecular complexity index is 224. The lowest BCUT2D eigenvalue weighted by Crippen LogP contribution is -2.19. The van der Waals surface area contributed by atoms with Gasteiger partial charge in [-0.15, -0.1) is 0 Å². The minimum atomic E-state index is -0.372. The average Bonchev–Trinajstić information content (AvgIpc) is 2.88. The Hall–Kier alpha value is -1.26. The lowest BCUT2D eigenvalue weighted by Gasteiger charge is -2.01. The van der Waals surface area contributed by atoms with Crippen LogP contribution in [0.4, 0.5) is 0 Å². The van der Waals surface area contributed by atoms with Crippen molar-refractivity contribution < 1.29 is 14.4 Å². The molecule has 1 aliphatic carbocycles. The Kier molecular flexibility index (Phi) is 4.22. The zero-order valence-corrected chi connectivity index (χ0v) is 8.36. The third kappa shape index (κ3) is 4.69. The van der Waals surface area contributed by atoms with Crippen LogP contribution in [0.2, 0.25) is 0 Å². The first-order valence-electron chi connectivity index (χ1n) is 4.82. The maximum atomic E-state index is 10.9. The second kappa shape index (κ2) is 5.47. The molecule has 0 radical (unpaired) electrons. The average molecular weight is 200 g/mol. The number of nitrogens with two attached hydrogens (primary N) is 1. The van der Waals surface area contributed by atoms with E-state index in [0.29, 0.717) is 19.1 Å². The first kappa shape index (κ1) is 10.8. The molecule has 0 bridgehead atoms. The predicted molar refractivity (Wildman–Crippen MR) is 51.5 cm³/mol. The molecule has 0 heterocycles. The molecule has 1 aliphatic rings. The van der Waals surface area contributed by atoms with Crippen molar-refractivity contribution >= 4 is 11.8 Å². The molecule has 0 unspecified atom stereocenters. The highest BCUT2D eigenvalue weighted by molar-refractivity contribution is 5.96. The molecule has 80 valence electrons. The highest BCUT2D eigenvalue weighted by atomic mass is 16.6. The van der Waals surface area contributed by atoms with Gasteiger partial charge in [-0.2, -0.15) is 0 Å². The predicted octanol–water partition coefficient (Wildman–Crippen LogP) is 0.638. The fraction of sp³-hybridized carbons (Fsp3) is 0.778. The molecule has 0 spiro atoms. The minimum Gasteiger partial charge on any atom is -0.466 e. The van der Waals surface area contributed by atoms with Crippen LogP contribution < -0.4 is 5.73 Å². The SMILES string of the molecule is CCOC(=O)CC(N)=NOCC1CC1. The van der Waals surface area contributed by atoms with E-state index < -0.39 is 0 Å². The van der Waals surface area contributed by atoms with E-state index >= 15 is 0 Å². The van der Waals surface area contributed by atoms with E-state index in [2.05, 4.69) is 5.16 Å². The van der Waals surface area contributed by atoms with Crippen molar-refractivity contribution in [2.75, 3.05) is 13.2 Å². The van der Waals surface area contributed by atoms with E-state index in [1.54, 1.807) is 6.92 Å². The summed E-state index contributed by atoms with van der Waals surface area (Å²) in [5.41, 5.74) is 5.44. The summed E-state index contributed by atoms with van der Waals surface area (Å²) >= 11 is 0. The van der Waals surface area contributed by atoms with E-state index in [-0.39, 0.29) is 18.2 Å². The van der Waals surface area contributed by atoms with Crippen molar-refractivity contribution in [2.45, 2.75) is 26.2 Å². The third-order valence-corrected chi connectivity index (χ3v) is 1.82. The van der Waals surface area contributed by atoms with Gasteiger partial charge >= 0.3 is 5.97 Å². The second-order valence-electron chi connectivity index (χ2n) is 3.30. The molecule has 0 aromatic carbocycles. The van der Waals surface area contributed by atoms with Crippen molar-refractivity contribution in [1.29, 1.82) is 0 Å². The molecule has 5 heteroatoms. The zero-order valence-electron chi connectivity index (χ0n) is 8.36. The Morgan fingerprint density at radius 3 is 2.86 bits per heavy atom. The van der Waals surface area contributed by atoms with Crippen LogP contribution in [-0.4, -0.2) is 25.0 Å². The van der Waals surface area contributed by atoms with Crippen molar-refractivity contribution in [3.05, 3.63) is 0 Å². The molecule has 14 heavy (non-hydrogen) atoms. The Morgan fingerprint density at radius 2 is 2.29 bits per heavy atom. The Balaban J connectivity index is 2.11. The van der Waals surface area contributed by atoms with Gasteiger partial charge in [-0.3, -0.25) is 4.79 Å². The summed E-state index contributed by atoms with van der Waals surface area (Å²) in [5, 5.41) is 3.62. The van der Waals surface area contributed by atoms with Gasteiger partial charge in [-0.1, -0.05) is 5.16 Å². The van der Waals surface area contributed by atoms with Crippen LogP contribution in [0.1, 0.15) is 26.2 Å². The van der Waals surface area contributed by atoms with E-state index in [0.717, 1.165) is 0 Å². The first-order valence-corrected chi connectivity index (χ1v) is 4.82. The topological polar surface area (TPSA) is 73.9 Å². The number of carbonyl (C=O) groups is 1. The van der Waals surface area contributed by atoms with Gasteiger partial charge in [-0.25, -0.2) is 0 Å². The number of carbonyl (C=O) groups excluding carboxylic acids is 1. The van der Waals surface area contributed by atoms with E-state index in [1.807, 2.05) is 0 Å². The number of rotatable bonds is 6. The molecule has 1 saturated carbocycles. The van der Waals surface area contributed by atoms with Crippen molar-refractivity contribution in [2.24, 2.45) is 16.8 Å². The summed E-state index contributed by atoms with van der Waals surface area (Å²) in [5.74, 6) is 0.432.